The van der Waals surface area contributed by atoms with E-state index in [-0.39, 0.29) is 11.4 Å². The van der Waals surface area contributed by atoms with Crippen molar-refractivity contribution in [3.8, 4) is 0 Å². The van der Waals surface area contributed by atoms with Crippen LogP contribution in [0.3, 0.4) is 0 Å². The van der Waals surface area contributed by atoms with Crippen LogP contribution < -0.4 is 5.43 Å². The number of hydrazine groups is 1. The Morgan fingerprint density at radius 2 is 2.14 bits per heavy atom. The lowest BCUT2D eigenvalue weighted by Gasteiger charge is -2.30. The van der Waals surface area contributed by atoms with Crippen LogP contribution in [0.4, 0.5) is 0 Å². The monoisotopic (exact) mass is 200 g/mol. The van der Waals surface area contributed by atoms with Gasteiger partial charge in [-0.3, -0.25) is 9.80 Å². The Hall–Kier alpha value is -0.610. The molecule has 0 aliphatic carbocycles. The molecular formula is C10H20N2O2. The van der Waals surface area contributed by atoms with Crippen molar-refractivity contribution >= 4 is 5.91 Å². The average molecular weight is 200 g/mol. The van der Waals surface area contributed by atoms with Gasteiger partial charge in [-0.05, 0) is 19.8 Å². The van der Waals surface area contributed by atoms with Crippen molar-refractivity contribution < 1.29 is 9.90 Å². The molecule has 2 atom stereocenters. The minimum Gasteiger partial charge on any atom is -0.392 e. The molecular weight excluding hydrogens is 180 g/mol. The molecule has 1 aliphatic rings. The molecule has 1 heterocycles. The molecule has 0 aromatic rings. The zero-order valence-electron chi connectivity index (χ0n) is 9.37. The summed E-state index contributed by atoms with van der Waals surface area (Å²) in [6.07, 6.45) is 0.0261. The molecule has 1 aliphatic heterocycles. The standard InChI is InChI=1S/C10H20N2O2/c1-7(2)10(4)5-9(14)12(11-10)6-8(3)13/h7-8,11,13H,5-6H2,1-4H3. The van der Waals surface area contributed by atoms with Gasteiger partial charge in [-0.1, -0.05) is 13.8 Å². The molecule has 1 rings (SSSR count). The number of nitrogens with zero attached hydrogens (tertiary/aromatic N) is 1. The Morgan fingerprint density at radius 1 is 1.57 bits per heavy atom. The van der Waals surface area contributed by atoms with Crippen LogP contribution in [0.25, 0.3) is 0 Å². The van der Waals surface area contributed by atoms with Gasteiger partial charge in [0.1, 0.15) is 0 Å². The summed E-state index contributed by atoms with van der Waals surface area (Å²) in [6.45, 7) is 8.26. The number of aliphatic hydroxyl groups excluding tert-OH is 1. The van der Waals surface area contributed by atoms with Gasteiger partial charge in [0, 0.05) is 12.0 Å². The Morgan fingerprint density at radius 3 is 2.50 bits per heavy atom. The minimum absolute atomic E-state index is 0.0714. The van der Waals surface area contributed by atoms with E-state index in [1.54, 1.807) is 6.92 Å². The van der Waals surface area contributed by atoms with E-state index in [9.17, 15) is 9.90 Å². The molecule has 1 saturated heterocycles. The number of amides is 1. The van der Waals surface area contributed by atoms with Gasteiger partial charge in [-0.2, -0.15) is 0 Å². The topological polar surface area (TPSA) is 52.6 Å². The first-order valence-electron chi connectivity index (χ1n) is 5.11. The predicted octanol–water partition coefficient (Wildman–Crippen LogP) is 0.519. The van der Waals surface area contributed by atoms with Crippen LogP contribution in [-0.2, 0) is 4.79 Å². The van der Waals surface area contributed by atoms with E-state index < -0.39 is 6.10 Å². The Bertz CT molecular complexity index is 228. The van der Waals surface area contributed by atoms with E-state index >= 15 is 0 Å². The highest BCUT2D eigenvalue weighted by atomic mass is 16.3. The van der Waals surface area contributed by atoms with E-state index in [0.29, 0.717) is 18.9 Å². The minimum atomic E-state index is -0.485. The Balaban J connectivity index is 2.64. The number of carbonyl (C=O) groups is 1. The largest absolute Gasteiger partial charge is 0.392 e. The third-order valence-electron chi connectivity index (χ3n) is 2.93. The second-order valence-corrected chi connectivity index (χ2v) is 4.71. The predicted molar refractivity (Wildman–Crippen MR) is 54.4 cm³/mol. The van der Waals surface area contributed by atoms with Crippen molar-refractivity contribution in [1.29, 1.82) is 0 Å². The smallest absolute Gasteiger partial charge is 0.238 e. The van der Waals surface area contributed by atoms with E-state index in [0.717, 1.165) is 0 Å². The Kier molecular flexibility index (Phi) is 3.17. The quantitative estimate of drug-likeness (QED) is 0.698. The van der Waals surface area contributed by atoms with E-state index in [2.05, 4.69) is 19.3 Å². The molecule has 0 aromatic carbocycles. The molecule has 2 unspecified atom stereocenters. The first kappa shape index (κ1) is 11.5. The van der Waals surface area contributed by atoms with Crippen molar-refractivity contribution in [2.45, 2.75) is 45.8 Å². The lowest BCUT2D eigenvalue weighted by molar-refractivity contribution is -0.130. The Labute approximate surface area is 85.3 Å². The van der Waals surface area contributed by atoms with E-state index in [4.69, 9.17) is 0 Å². The van der Waals surface area contributed by atoms with Crippen molar-refractivity contribution in [3.05, 3.63) is 0 Å². The van der Waals surface area contributed by atoms with Gasteiger partial charge in [-0.25, -0.2) is 5.43 Å². The highest BCUT2D eigenvalue weighted by Crippen LogP contribution is 2.27. The molecule has 4 nitrogen and oxygen atoms in total. The molecule has 0 aromatic heterocycles. The number of hydrogen-bond donors (Lipinski definition) is 2. The maximum atomic E-state index is 11.6. The van der Waals surface area contributed by atoms with Gasteiger partial charge in [0.15, 0.2) is 0 Å². The molecule has 0 bridgehead atoms. The van der Waals surface area contributed by atoms with Crippen LogP contribution in [0.15, 0.2) is 0 Å². The number of rotatable bonds is 3. The van der Waals surface area contributed by atoms with Crippen molar-refractivity contribution in [1.82, 2.24) is 10.4 Å². The highest BCUT2D eigenvalue weighted by Gasteiger charge is 2.41. The molecule has 82 valence electrons. The van der Waals surface area contributed by atoms with Gasteiger partial charge in [0.2, 0.25) is 5.91 Å². The maximum Gasteiger partial charge on any atom is 0.238 e. The summed E-state index contributed by atoms with van der Waals surface area (Å²) in [5, 5.41) is 10.7. The molecule has 0 spiro atoms. The van der Waals surface area contributed by atoms with Crippen LogP contribution in [0.2, 0.25) is 0 Å². The summed E-state index contributed by atoms with van der Waals surface area (Å²) in [7, 11) is 0. The van der Waals surface area contributed by atoms with E-state index in [1.807, 2.05) is 6.92 Å². The zero-order valence-corrected chi connectivity index (χ0v) is 9.37. The van der Waals surface area contributed by atoms with Crippen molar-refractivity contribution in [2.24, 2.45) is 5.92 Å². The summed E-state index contributed by atoms with van der Waals surface area (Å²) in [5.41, 5.74) is 3.01. The molecule has 0 saturated carbocycles. The summed E-state index contributed by atoms with van der Waals surface area (Å²) in [6, 6.07) is 0. The maximum absolute atomic E-state index is 11.6. The average Bonchev–Trinajstić information content (AvgIpc) is 2.27. The lowest BCUT2D eigenvalue weighted by atomic mass is 9.87. The number of β-amino-alcohol motifs (C(OH)–C–C–N with tert-alkyl or cyclic N) is 1. The summed E-state index contributed by atoms with van der Waals surface area (Å²) >= 11 is 0. The van der Waals surface area contributed by atoms with Gasteiger partial charge in [-0.15, -0.1) is 0 Å². The molecule has 1 amide bonds. The van der Waals surface area contributed by atoms with Crippen LogP contribution in [0.5, 0.6) is 0 Å². The first-order chi connectivity index (χ1) is 6.35. The number of carbonyl (C=O) groups excluding carboxylic acids is 1. The van der Waals surface area contributed by atoms with Crippen LogP contribution >= 0.6 is 0 Å². The second kappa shape index (κ2) is 3.87. The van der Waals surface area contributed by atoms with Gasteiger partial charge < -0.3 is 5.11 Å². The molecule has 2 N–H and O–H groups in total. The van der Waals surface area contributed by atoms with Crippen molar-refractivity contribution in [3.63, 3.8) is 0 Å². The normalized spacial score (nSPS) is 30.1. The molecule has 0 radical (unpaired) electrons. The van der Waals surface area contributed by atoms with Gasteiger partial charge in [0.25, 0.3) is 0 Å². The fourth-order valence-electron chi connectivity index (χ4n) is 1.56. The number of nitrogens with one attached hydrogen (secondary N) is 1. The van der Waals surface area contributed by atoms with Gasteiger partial charge in [0.05, 0.1) is 12.6 Å². The van der Waals surface area contributed by atoms with Crippen LogP contribution in [-0.4, -0.2) is 34.2 Å². The van der Waals surface area contributed by atoms with Crippen LogP contribution in [0.1, 0.15) is 34.1 Å². The fraction of sp³-hybridized carbons (Fsp3) is 0.900. The lowest BCUT2D eigenvalue weighted by Crippen LogP contribution is -2.49. The highest BCUT2D eigenvalue weighted by molar-refractivity contribution is 5.79. The third kappa shape index (κ3) is 2.25. The van der Waals surface area contributed by atoms with Crippen molar-refractivity contribution in [2.75, 3.05) is 6.54 Å². The first-order valence-corrected chi connectivity index (χ1v) is 5.11. The fourth-order valence-corrected chi connectivity index (χ4v) is 1.56. The molecule has 14 heavy (non-hydrogen) atoms. The van der Waals surface area contributed by atoms with E-state index in [1.165, 1.54) is 5.01 Å². The molecule has 1 fully saturated rings. The zero-order chi connectivity index (χ0) is 10.9. The summed E-state index contributed by atoms with van der Waals surface area (Å²) < 4.78 is 0. The summed E-state index contributed by atoms with van der Waals surface area (Å²) in [5.74, 6) is 0.465. The number of hydrogen-bond acceptors (Lipinski definition) is 3. The summed E-state index contributed by atoms with van der Waals surface area (Å²) in [4.78, 5) is 11.6. The van der Waals surface area contributed by atoms with Crippen LogP contribution in [0, 0.1) is 5.92 Å². The van der Waals surface area contributed by atoms with Gasteiger partial charge >= 0.3 is 0 Å². The third-order valence-corrected chi connectivity index (χ3v) is 2.93. The number of aliphatic hydroxyl groups is 1. The molecule has 4 heteroatoms. The SMILES string of the molecule is CC(O)CN1NC(C)(C(C)C)CC1=O. The second-order valence-electron chi connectivity index (χ2n) is 4.71.